The Balaban J connectivity index is 1.77. The van der Waals surface area contributed by atoms with Gasteiger partial charge in [0, 0.05) is 18.3 Å². The lowest BCUT2D eigenvalue weighted by Crippen LogP contribution is -2.24. The van der Waals surface area contributed by atoms with Crippen LogP contribution in [0.2, 0.25) is 0 Å². The lowest BCUT2D eigenvalue weighted by Gasteiger charge is -2.27. The Bertz CT molecular complexity index is 985. The number of carbonyl (C=O) groups excluding carboxylic acids is 1. The average molecular weight is 354 g/mol. The molecule has 4 rings (SSSR count). The number of nitrogens with zero attached hydrogens (tertiary/aromatic N) is 4. The van der Waals surface area contributed by atoms with Gasteiger partial charge in [0.2, 0.25) is 0 Å². The molecule has 0 amide bonds. The van der Waals surface area contributed by atoms with Crippen LogP contribution in [-0.4, -0.2) is 34.0 Å². The van der Waals surface area contributed by atoms with Gasteiger partial charge in [-0.05, 0) is 44.0 Å². The van der Waals surface area contributed by atoms with Crippen LogP contribution < -0.4 is 9.64 Å². The summed E-state index contributed by atoms with van der Waals surface area (Å²) in [6.07, 6.45) is 5.18. The summed E-state index contributed by atoms with van der Waals surface area (Å²) in [4.78, 5) is 18.6. The third kappa shape index (κ3) is 2.69. The number of hydrogen-bond donors (Lipinski definition) is 0. The molecule has 134 valence electrons. The van der Waals surface area contributed by atoms with Crippen LogP contribution in [0.4, 0.5) is 10.2 Å². The summed E-state index contributed by atoms with van der Waals surface area (Å²) in [5.74, 6) is 1.05. The van der Waals surface area contributed by atoms with E-state index < -0.39 is 0 Å². The molecule has 1 aromatic carbocycles. The minimum absolute atomic E-state index is 0.0284. The Morgan fingerprint density at radius 3 is 2.96 bits per heavy atom. The number of benzene rings is 1. The Morgan fingerprint density at radius 2 is 2.19 bits per heavy atom. The average Bonchev–Trinajstić information content (AvgIpc) is 3.28. The SMILES string of the molecule is COc1ccc(F)cc1[C@H]1CCCN1c1ccn2ncc(C(C)=O)c2n1. The molecular formula is C19H19FN4O2. The number of anilines is 1. The van der Waals surface area contributed by atoms with E-state index in [4.69, 9.17) is 4.74 Å². The Morgan fingerprint density at radius 1 is 1.35 bits per heavy atom. The van der Waals surface area contributed by atoms with Crippen LogP contribution >= 0.6 is 0 Å². The molecule has 3 heterocycles. The fraction of sp³-hybridized carbons (Fsp3) is 0.316. The molecule has 0 N–H and O–H groups in total. The molecule has 1 fully saturated rings. The maximum absolute atomic E-state index is 13.8. The minimum Gasteiger partial charge on any atom is -0.496 e. The van der Waals surface area contributed by atoms with E-state index in [0.29, 0.717) is 17.0 Å². The summed E-state index contributed by atoms with van der Waals surface area (Å²) in [6, 6.07) is 6.42. The van der Waals surface area contributed by atoms with E-state index in [2.05, 4.69) is 15.0 Å². The number of halogens is 1. The summed E-state index contributed by atoms with van der Waals surface area (Å²) in [5.41, 5.74) is 1.84. The molecule has 3 aromatic rings. The van der Waals surface area contributed by atoms with Crippen LogP contribution in [0.15, 0.2) is 36.7 Å². The number of methoxy groups -OCH3 is 1. The maximum atomic E-state index is 13.8. The highest BCUT2D eigenvalue weighted by Crippen LogP contribution is 2.39. The summed E-state index contributed by atoms with van der Waals surface area (Å²) in [7, 11) is 1.59. The molecule has 0 aliphatic carbocycles. The van der Waals surface area contributed by atoms with Crippen molar-refractivity contribution >= 4 is 17.2 Å². The summed E-state index contributed by atoms with van der Waals surface area (Å²) >= 11 is 0. The van der Waals surface area contributed by atoms with Crippen LogP contribution in [0.5, 0.6) is 5.75 Å². The number of ether oxygens (including phenoxy) is 1. The number of hydrogen-bond acceptors (Lipinski definition) is 5. The molecular weight excluding hydrogens is 335 g/mol. The van der Waals surface area contributed by atoms with Gasteiger partial charge >= 0.3 is 0 Å². The second-order valence-electron chi connectivity index (χ2n) is 6.41. The van der Waals surface area contributed by atoms with E-state index in [0.717, 1.165) is 30.8 Å². The first-order chi connectivity index (χ1) is 12.6. The molecule has 1 aliphatic rings. The number of fused-ring (bicyclic) bond motifs is 1. The van der Waals surface area contributed by atoms with Crippen LogP contribution in [0, 0.1) is 5.82 Å². The van der Waals surface area contributed by atoms with Gasteiger partial charge in [-0.3, -0.25) is 4.79 Å². The van der Waals surface area contributed by atoms with E-state index in [9.17, 15) is 9.18 Å². The molecule has 0 spiro atoms. The molecule has 2 aromatic heterocycles. The van der Waals surface area contributed by atoms with Gasteiger partial charge in [0.1, 0.15) is 17.4 Å². The largest absolute Gasteiger partial charge is 0.496 e. The lowest BCUT2D eigenvalue weighted by atomic mass is 10.0. The second-order valence-corrected chi connectivity index (χ2v) is 6.41. The Kier molecular flexibility index (Phi) is 4.06. The van der Waals surface area contributed by atoms with Gasteiger partial charge in [-0.15, -0.1) is 0 Å². The molecule has 1 saturated heterocycles. The predicted octanol–water partition coefficient (Wildman–Crippen LogP) is 3.42. The van der Waals surface area contributed by atoms with Crippen LogP contribution in [-0.2, 0) is 0 Å². The first kappa shape index (κ1) is 16.5. The molecule has 0 bridgehead atoms. The van der Waals surface area contributed by atoms with Crippen molar-refractivity contribution in [3.63, 3.8) is 0 Å². The van der Waals surface area contributed by atoms with Crippen molar-refractivity contribution in [3.8, 4) is 5.75 Å². The fourth-order valence-corrected chi connectivity index (χ4v) is 3.60. The molecule has 1 aliphatic heterocycles. The number of aromatic nitrogens is 3. The van der Waals surface area contributed by atoms with Crippen molar-refractivity contribution in [2.45, 2.75) is 25.8 Å². The van der Waals surface area contributed by atoms with Gasteiger partial charge in [0.05, 0.1) is 24.9 Å². The third-order valence-corrected chi connectivity index (χ3v) is 4.83. The highest BCUT2D eigenvalue weighted by molar-refractivity contribution is 5.99. The smallest absolute Gasteiger partial charge is 0.168 e. The molecule has 7 heteroatoms. The standard InChI is InChI=1S/C19H19FN4O2/c1-12(25)15-11-21-24-9-7-18(22-19(15)24)23-8-3-4-16(23)14-10-13(20)5-6-17(14)26-2/h5-7,9-11,16H,3-4,8H2,1-2H3/t16-/m1/s1. The van der Waals surface area contributed by atoms with Gasteiger partial charge < -0.3 is 9.64 Å². The number of rotatable bonds is 4. The highest BCUT2D eigenvalue weighted by atomic mass is 19.1. The van der Waals surface area contributed by atoms with E-state index in [1.807, 2.05) is 6.07 Å². The normalized spacial score (nSPS) is 17.0. The monoisotopic (exact) mass is 354 g/mol. The quantitative estimate of drug-likeness (QED) is 0.672. The Labute approximate surface area is 150 Å². The van der Waals surface area contributed by atoms with E-state index in [1.165, 1.54) is 25.3 Å². The fourth-order valence-electron chi connectivity index (χ4n) is 3.60. The molecule has 0 radical (unpaired) electrons. The molecule has 1 atom stereocenters. The van der Waals surface area contributed by atoms with Gasteiger partial charge in [-0.2, -0.15) is 5.10 Å². The highest BCUT2D eigenvalue weighted by Gasteiger charge is 2.30. The lowest BCUT2D eigenvalue weighted by molar-refractivity contribution is 0.101. The first-order valence-electron chi connectivity index (χ1n) is 8.54. The third-order valence-electron chi connectivity index (χ3n) is 4.83. The summed E-state index contributed by atoms with van der Waals surface area (Å²) in [5, 5.41) is 4.17. The van der Waals surface area contributed by atoms with E-state index >= 15 is 0 Å². The van der Waals surface area contributed by atoms with Gasteiger partial charge in [-0.1, -0.05) is 0 Å². The zero-order valence-electron chi connectivity index (χ0n) is 14.6. The van der Waals surface area contributed by atoms with Crippen molar-refractivity contribution in [1.82, 2.24) is 14.6 Å². The molecule has 0 saturated carbocycles. The van der Waals surface area contributed by atoms with Crippen LogP contribution in [0.1, 0.15) is 41.7 Å². The van der Waals surface area contributed by atoms with Crippen molar-refractivity contribution in [1.29, 1.82) is 0 Å². The second kappa shape index (κ2) is 6.40. The van der Waals surface area contributed by atoms with Crippen molar-refractivity contribution in [2.75, 3.05) is 18.6 Å². The first-order valence-corrected chi connectivity index (χ1v) is 8.54. The van der Waals surface area contributed by atoms with Gasteiger partial charge in [0.25, 0.3) is 0 Å². The van der Waals surface area contributed by atoms with Gasteiger partial charge in [0.15, 0.2) is 11.4 Å². The van der Waals surface area contributed by atoms with E-state index in [-0.39, 0.29) is 17.6 Å². The molecule has 26 heavy (non-hydrogen) atoms. The minimum atomic E-state index is -0.286. The Hall–Kier alpha value is -2.96. The number of ketones is 1. The summed E-state index contributed by atoms with van der Waals surface area (Å²) in [6.45, 7) is 2.30. The zero-order valence-corrected chi connectivity index (χ0v) is 14.6. The number of carbonyl (C=O) groups is 1. The summed E-state index contributed by atoms with van der Waals surface area (Å²) < 4.78 is 20.9. The van der Waals surface area contributed by atoms with Crippen LogP contribution in [0.3, 0.4) is 0 Å². The van der Waals surface area contributed by atoms with Crippen molar-refractivity contribution < 1.29 is 13.9 Å². The maximum Gasteiger partial charge on any atom is 0.168 e. The van der Waals surface area contributed by atoms with Crippen molar-refractivity contribution in [3.05, 3.63) is 53.6 Å². The van der Waals surface area contributed by atoms with Crippen molar-refractivity contribution in [2.24, 2.45) is 0 Å². The topological polar surface area (TPSA) is 59.7 Å². The predicted molar refractivity (Wildman–Crippen MR) is 95.3 cm³/mol. The molecule has 0 unspecified atom stereocenters. The zero-order chi connectivity index (χ0) is 18.3. The van der Waals surface area contributed by atoms with E-state index in [1.54, 1.807) is 23.9 Å². The molecule has 6 nitrogen and oxygen atoms in total. The van der Waals surface area contributed by atoms with Crippen LogP contribution in [0.25, 0.3) is 5.65 Å². The number of Topliss-reactive ketones (excluding diaryl/α,β-unsaturated/α-hetero) is 1. The van der Waals surface area contributed by atoms with Gasteiger partial charge in [-0.25, -0.2) is 13.9 Å².